The van der Waals surface area contributed by atoms with E-state index in [2.05, 4.69) is 31.9 Å². The number of rotatable bonds is 1. The van der Waals surface area contributed by atoms with Gasteiger partial charge >= 0.3 is 0 Å². The van der Waals surface area contributed by atoms with Gasteiger partial charge in [0.25, 0.3) is 0 Å². The van der Waals surface area contributed by atoms with E-state index in [1.54, 1.807) is 0 Å². The van der Waals surface area contributed by atoms with E-state index in [4.69, 9.17) is 0 Å². The zero-order chi connectivity index (χ0) is 9.80. The maximum Gasteiger partial charge on any atom is 0.129 e. The van der Waals surface area contributed by atoms with E-state index in [1.807, 2.05) is 33.7 Å². The van der Waals surface area contributed by atoms with Crippen molar-refractivity contribution in [2.45, 2.75) is 0 Å². The second kappa shape index (κ2) is 5.28. The van der Waals surface area contributed by atoms with Crippen LogP contribution >= 0.6 is 37.5 Å². The van der Waals surface area contributed by atoms with Crippen molar-refractivity contribution in [2.24, 2.45) is 0 Å². The summed E-state index contributed by atoms with van der Waals surface area (Å²) in [6.45, 7) is 2.20. The standard InChI is InChI=1S/C9H11BrN2S2/c10-8-2-1-3-9(11-8)12-4-6-13-14-7-5-12/h1-3H,4-7H2. The van der Waals surface area contributed by atoms with Crippen LogP contribution in [0.15, 0.2) is 22.8 Å². The zero-order valence-electron chi connectivity index (χ0n) is 7.65. The van der Waals surface area contributed by atoms with Crippen LogP contribution in [-0.2, 0) is 0 Å². The first kappa shape index (κ1) is 10.6. The molecule has 2 heterocycles. The lowest BCUT2D eigenvalue weighted by atomic mass is 10.4. The topological polar surface area (TPSA) is 16.1 Å². The molecule has 76 valence electrons. The molecule has 2 rings (SSSR count). The van der Waals surface area contributed by atoms with Gasteiger partial charge in [0, 0.05) is 24.6 Å². The first-order chi connectivity index (χ1) is 6.86. The van der Waals surface area contributed by atoms with E-state index in [9.17, 15) is 0 Å². The molecular formula is C9H11BrN2S2. The van der Waals surface area contributed by atoms with Gasteiger partial charge in [-0.15, -0.1) is 0 Å². The normalized spacial score (nSPS) is 17.9. The number of nitrogens with zero attached hydrogens (tertiary/aromatic N) is 2. The van der Waals surface area contributed by atoms with Crippen molar-refractivity contribution in [2.75, 3.05) is 29.5 Å². The summed E-state index contributed by atoms with van der Waals surface area (Å²) in [7, 11) is 3.91. The largest absolute Gasteiger partial charge is 0.355 e. The summed E-state index contributed by atoms with van der Waals surface area (Å²) in [5.74, 6) is 3.44. The van der Waals surface area contributed by atoms with Gasteiger partial charge in [-0.25, -0.2) is 4.98 Å². The zero-order valence-corrected chi connectivity index (χ0v) is 10.9. The fraction of sp³-hybridized carbons (Fsp3) is 0.444. The lowest BCUT2D eigenvalue weighted by molar-refractivity contribution is 0.860. The number of halogens is 1. The van der Waals surface area contributed by atoms with Gasteiger partial charge in [0.2, 0.25) is 0 Å². The number of hydrogen-bond acceptors (Lipinski definition) is 4. The van der Waals surface area contributed by atoms with Gasteiger partial charge in [-0.2, -0.15) is 0 Å². The Bertz CT molecular complexity index is 301. The van der Waals surface area contributed by atoms with E-state index in [-0.39, 0.29) is 0 Å². The Morgan fingerprint density at radius 2 is 1.93 bits per heavy atom. The molecule has 0 spiro atoms. The molecule has 1 saturated heterocycles. The lowest BCUT2D eigenvalue weighted by Crippen LogP contribution is -2.27. The molecule has 0 saturated carbocycles. The molecule has 1 fully saturated rings. The van der Waals surface area contributed by atoms with Crippen LogP contribution in [0.25, 0.3) is 0 Å². The highest BCUT2D eigenvalue weighted by atomic mass is 79.9. The van der Waals surface area contributed by atoms with Gasteiger partial charge in [0.1, 0.15) is 10.4 Å². The second-order valence-corrected chi connectivity index (χ2v) is 6.46. The molecule has 1 aromatic heterocycles. The smallest absolute Gasteiger partial charge is 0.129 e. The summed E-state index contributed by atoms with van der Waals surface area (Å²) in [5, 5.41) is 0. The minimum atomic E-state index is 0.916. The predicted octanol–water partition coefficient (Wildman–Crippen LogP) is 3.05. The quantitative estimate of drug-likeness (QED) is 0.583. The van der Waals surface area contributed by atoms with E-state index >= 15 is 0 Å². The van der Waals surface area contributed by atoms with Crippen LogP contribution in [0.4, 0.5) is 5.82 Å². The van der Waals surface area contributed by atoms with Crippen molar-refractivity contribution in [1.82, 2.24) is 4.98 Å². The van der Waals surface area contributed by atoms with Gasteiger partial charge < -0.3 is 4.90 Å². The molecule has 14 heavy (non-hydrogen) atoms. The molecule has 1 aliphatic heterocycles. The predicted molar refractivity (Wildman–Crippen MR) is 69.1 cm³/mol. The fourth-order valence-corrected chi connectivity index (χ4v) is 3.64. The molecule has 0 bridgehead atoms. The summed E-state index contributed by atoms with van der Waals surface area (Å²) < 4.78 is 0.916. The Morgan fingerprint density at radius 3 is 2.57 bits per heavy atom. The van der Waals surface area contributed by atoms with E-state index in [0.29, 0.717) is 0 Å². The van der Waals surface area contributed by atoms with Crippen LogP contribution in [0.3, 0.4) is 0 Å². The average molecular weight is 291 g/mol. The van der Waals surface area contributed by atoms with Crippen molar-refractivity contribution in [3.63, 3.8) is 0 Å². The molecule has 0 amide bonds. The lowest BCUT2D eigenvalue weighted by Gasteiger charge is -2.20. The first-order valence-electron chi connectivity index (χ1n) is 4.48. The minimum absolute atomic E-state index is 0.916. The fourth-order valence-electron chi connectivity index (χ4n) is 1.33. The molecular weight excluding hydrogens is 280 g/mol. The van der Waals surface area contributed by atoms with Crippen molar-refractivity contribution in [1.29, 1.82) is 0 Å². The summed E-state index contributed by atoms with van der Waals surface area (Å²) in [6, 6.07) is 6.08. The maximum atomic E-state index is 4.46. The highest BCUT2D eigenvalue weighted by molar-refractivity contribution is 9.10. The third kappa shape index (κ3) is 2.81. The highest BCUT2D eigenvalue weighted by Crippen LogP contribution is 2.26. The van der Waals surface area contributed by atoms with Crippen molar-refractivity contribution in [3.05, 3.63) is 22.8 Å². The van der Waals surface area contributed by atoms with Crippen LogP contribution < -0.4 is 4.90 Å². The molecule has 5 heteroatoms. The van der Waals surface area contributed by atoms with Gasteiger partial charge in [-0.3, -0.25) is 0 Å². The molecule has 1 aliphatic rings. The van der Waals surface area contributed by atoms with Crippen LogP contribution in [0.2, 0.25) is 0 Å². The Kier molecular flexibility index (Phi) is 4.01. The Hall–Kier alpha value is 0.130. The van der Waals surface area contributed by atoms with E-state index in [1.165, 1.54) is 11.5 Å². The highest BCUT2D eigenvalue weighted by Gasteiger charge is 2.11. The van der Waals surface area contributed by atoms with Gasteiger partial charge in [-0.05, 0) is 28.1 Å². The average Bonchev–Trinajstić information content (AvgIpc) is 2.45. The Balaban J connectivity index is 2.12. The number of hydrogen-bond donors (Lipinski definition) is 0. The molecule has 0 aliphatic carbocycles. The molecule has 0 N–H and O–H groups in total. The van der Waals surface area contributed by atoms with Crippen LogP contribution in [0, 0.1) is 0 Å². The third-order valence-corrected chi connectivity index (χ3v) is 4.80. The monoisotopic (exact) mass is 290 g/mol. The third-order valence-electron chi connectivity index (χ3n) is 2.00. The van der Waals surface area contributed by atoms with Gasteiger partial charge in [0.15, 0.2) is 0 Å². The molecule has 0 unspecified atom stereocenters. The van der Waals surface area contributed by atoms with Crippen LogP contribution in [0.1, 0.15) is 0 Å². The first-order valence-corrected chi connectivity index (χ1v) is 7.76. The summed E-state index contributed by atoms with van der Waals surface area (Å²) >= 11 is 3.40. The summed E-state index contributed by atoms with van der Waals surface area (Å²) in [4.78, 5) is 6.81. The van der Waals surface area contributed by atoms with Gasteiger partial charge in [0.05, 0.1) is 0 Å². The van der Waals surface area contributed by atoms with Crippen molar-refractivity contribution >= 4 is 43.3 Å². The number of anilines is 1. The van der Waals surface area contributed by atoms with Crippen LogP contribution in [0.5, 0.6) is 0 Å². The minimum Gasteiger partial charge on any atom is -0.355 e. The van der Waals surface area contributed by atoms with E-state index in [0.717, 1.165) is 23.5 Å². The Morgan fingerprint density at radius 1 is 1.21 bits per heavy atom. The molecule has 0 aromatic carbocycles. The van der Waals surface area contributed by atoms with Gasteiger partial charge in [-0.1, -0.05) is 27.7 Å². The van der Waals surface area contributed by atoms with Crippen molar-refractivity contribution < 1.29 is 0 Å². The maximum absolute atomic E-state index is 4.46. The second-order valence-electron chi connectivity index (χ2n) is 2.95. The molecule has 2 nitrogen and oxygen atoms in total. The summed E-state index contributed by atoms with van der Waals surface area (Å²) in [6.07, 6.45) is 0. The molecule has 1 aromatic rings. The molecule has 0 radical (unpaired) electrons. The SMILES string of the molecule is Brc1cccc(N2CCSSCC2)n1. The summed E-state index contributed by atoms with van der Waals surface area (Å²) in [5.41, 5.74) is 0. The van der Waals surface area contributed by atoms with Crippen molar-refractivity contribution in [3.8, 4) is 0 Å². The number of aromatic nitrogens is 1. The Labute approximate surface area is 100 Å². The number of pyridine rings is 1. The van der Waals surface area contributed by atoms with Crippen LogP contribution in [-0.4, -0.2) is 29.6 Å². The van der Waals surface area contributed by atoms with E-state index < -0.39 is 0 Å². The molecule has 0 atom stereocenters.